The number of aryl methyl sites for hydroxylation is 1. The number of thiocarbonyl (C=S) groups is 1. The summed E-state index contributed by atoms with van der Waals surface area (Å²) in [6.07, 6.45) is 1.80. The molecule has 0 aliphatic carbocycles. The first-order valence-corrected chi connectivity index (χ1v) is 12.4. The maximum Gasteiger partial charge on any atom is 0.174 e. The lowest BCUT2D eigenvalue weighted by molar-refractivity contribution is 0.471. The predicted octanol–water partition coefficient (Wildman–Crippen LogP) is 6.79. The third kappa shape index (κ3) is 3.98. The quantitative estimate of drug-likeness (QED) is 0.273. The van der Waals surface area contributed by atoms with E-state index in [1.165, 1.54) is 0 Å². The summed E-state index contributed by atoms with van der Waals surface area (Å²) in [4.78, 5) is 6.78. The minimum absolute atomic E-state index is 0.148. The average Bonchev–Trinajstić information content (AvgIpc) is 3.32. The van der Waals surface area contributed by atoms with E-state index in [4.69, 9.17) is 23.8 Å². The lowest BCUT2D eigenvalue weighted by Crippen LogP contribution is -2.29. The Hall–Kier alpha value is -2.87. The highest BCUT2D eigenvalue weighted by atomic mass is 79.9. The van der Waals surface area contributed by atoms with Gasteiger partial charge in [0.15, 0.2) is 5.11 Å². The molecule has 0 amide bonds. The summed E-state index contributed by atoms with van der Waals surface area (Å²) in [6.45, 7) is 4.08. The molecule has 0 radical (unpaired) electrons. The molecule has 2 N–H and O–H groups in total. The zero-order valence-electron chi connectivity index (χ0n) is 18.5. The molecule has 34 heavy (non-hydrogen) atoms. The second-order valence-electron chi connectivity index (χ2n) is 8.27. The van der Waals surface area contributed by atoms with Crippen molar-refractivity contribution in [2.75, 3.05) is 4.90 Å². The first kappa shape index (κ1) is 22.9. The Kier molecular flexibility index (Phi) is 6.10. The lowest BCUT2D eigenvalue weighted by atomic mass is 9.96. The number of rotatable bonds is 4. The van der Waals surface area contributed by atoms with E-state index in [2.05, 4.69) is 44.1 Å². The molecule has 0 saturated carbocycles. The number of benzene rings is 2. The third-order valence-electron chi connectivity index (χ3n) is 6.17. The molecule has 4 aromatic rings. The molecule has 2 aromatic heterocycles. The van der Waals surface area contributed by atoms with Crippen LogP contribution in [0.15, 0.2) is 77.4 Å². The summed E-state index contributed by atoms with van der Waals surface area (Å²) in [5, 5.41) is 15.3. The number of hydrogen-bond acceptors (Lipinski definition) is 3. The topological polar surface area (TPSA) is 53.3 Å². The second-order valence-corrected chi connectivity index (χ2v) is 10.0. The Bertz CT molecular complexity index is 1370. The molecular formula is C26H22BrClN4OS. The minimum atomic E-state index is -0.153. The van der Waals surface area contributed by atoms with E-state index in [0.29, 0.717) is 15.8 Å². The number of phenols is 1. The molecule has 8 heteroatoms. The van der Waals surface area contributed by atoms with Gasteiger partial charge in [-0.1, -0.05) is 33.6 Å². The van der Waals surface area contributed by atoms with Crippen LogP contribution in [0.3, 0.4) is 0 Å². The highest BCUT2D eigenvalue weighted by Gasteiger charge is 2.42. The number of halogens is 2. The van der Waals surface area contributed by atoms with Crippen molar-refractivity contribution in [3.8, 4) is 11.4 Å². The van der Waals surface area contributed by atoms with Crippen LogP contribution >= 0.6 is 39.7 Å². The molecule has 1 saturated heterocycles. The molecule has 1 aliphatic heterocycles. The van der Waals surface area contributed by atoms with Crippen LogP contribution in [0.4, 0.5) is 5.69 Å². The van der Waals surface area contributed by atoms with Crippen molar-refractivity contribution in [2.24, 2.45) is 0 Å². The van der Waals surface area contributed by atoms with Crippen LogP contribution in [0.5, 0.6) is 5.75 Å². The molecule has 1 fully saturated rings. The number of hydrogen-bond donors (Lipinski definition) is 2. The predicted molar refractivity (Wildman–Crippen MR) is 144 cm³/mol. The molecule has 5 rings (SSSR count). The molecule has 0 spiro atoms. The fraction of sp³-hybridized carbons (Fsp3) is 0.154. The molecule has 172 valence electrons. The van der Waals surface area contributed by atoms with Crippen molar-refractivity contribution in [3.05, 3.63) is 105 Å². The maximum absolute atomic E-state index is 10.6. The highest BCUT2D eigenvalue weighted by Crippen LogP contribution is 2.44. The van der Waals surface area contributed by atoms with Gasteiger partial charge in [-0.3, -0.25) is 4.98 Å². The Labute approximate surface area is 217 Å². The van der Waals surface area contributed by atoms with Gasteiger partial charge in [-0.2, -0.15) is 0 Å². The molecule has 2 atom stereocenters. The smallest absolute Gasteiger partial charge is 0.174 e. The standard InChI is InChI=1S/C26H22BrClN4OS/c1-15-13-20(16(2)31(15)22-14-18(28)8-11-23(22)33)25-24(21-5-3-4-12-29-21)30-26(34)32(25)19-9-6-17(27)7-10-19/h3-14,24-25,33H,1-2H3,(H,30,34)/t24-,25-/m1/s1. The molecule has 0 unspecified atom stereocenters. The van der Waals surface area contributed by atoms with E-state index >= 15 is 0 Å². The summed E-state index contributed by atoms with van der Waals surface area (Å²) >= 11 is 15.6. The van der Waals surface area contributed by atoms with Gasteiger partial charge in [-0.05, 0) is 92.3 Å². The normalized spacial score (nSPS) is 17.8. The summed E-state index contributed by atoms with van der Waals surface area (Å²) in [6, 6.07) is 21.0. The van der Waals surface area contributed by atoms with E-state index in [-0.39, 0.29) is 17.8 Å². The summed E-state index contributed by atoms with van der Waals surface area (Å²) in [7, 11) is 0. The summed E-state index contributed by atoms with van der Waals surface area (Å²) in [5.74, 6) is 0.170. The Morgan fingerprint density at radius 1 is 1.06 bits per heavy atom. The molecule has 1 aliphatic rings. The van der Waals surface area contributed by atoms with Crippen molar-refractivity contribution in [3.63, 3.8) is 0 Å². The zero-order valence-corrected chi connectivity index (χ0v) is 21.7. The first-order chi connectivity index (χ1) is 16.3. The number of aromatic nitrogens is 2. The van der Waals surface area contributed by atoms with Crippen LogP contribution in [0.1, 0.15) is 34.7 Å². The number of anilines is 1. The fourth-order valence-corrected chi connectivity index (χ4v) is 5.46. The maximum atomic E-state index is 10.6. The van der Waals surface area contributed by atoms with Crippen molar-refractivity contribution < 1.29 is 5.11 Å². The molecular weight excluding hydrogens is 532 g/mol. The van der Waals surface area contributed by atoms with Gasteiger partial charge in [0.05, 0.1) is 23.5 Å². The van der Waals surface area contributed by atoms with Gasteiger partial charge in [-0.15, -0.1) is 0 Å². The lowest BCUT2D eigenvalue weighted by Gasteiger charge is -2.28. The number of nitrogens with zero attached hydrogens (tertiary/aromatic N) is 3. The van der Waals surface area contributed by atoms with E-state index in [1.807, 2.05) is 54.0 Å². The first-order valence-electron chi connectivity index (χ1n) is 10.8. The number of aromatic hydroxyl groups is 1. The van der Waals surface area contributed by atoms with E-state index in [1.54, 1.807) is 24.4 Å². The van der Waals surface area contributed by atoms with Crippen LogP contribution in [-0.2, 0) is 0 Å². The average molecular weight is 554 g/mol. The largest absolute Gasteiger partial charge is 0.506 e. The summed E-state index contributed by atoms with van der Waals surface area (Å²) in [5.41, 5.74) is 5.60. The molecule has 0 bridgehead atoms. The number of nitrogens with one attached hydrogen (secondary N) is 1. The SMILES string of the molecule is Cc1cc([C@@H]2[C@@H](c3ccccn3)NC(=S)N2c2ccc(Br)cc2)c(C)n1-c1cc(Cl)ccc1O. The van der Waals surface area contributed by atoms with Gasteiger partial charge in [0.2, 0.25) is 0 Å². The molecule has 3 heterocycles. The van der Waals surface area contributed by atoms with Crippen LogP contribution < -0.4 is 10.2 Å². The van der Waals surface area contributed by atoms with E-state index in [9.17, 15) is 5.11 Å². The minimum Gasteiger partial charge on any atom is -0.506 e. The molecule has 2 aromatic carbocycles. The Morgan fingerprint density at radius 3 is 2.53 bits per heavy atom. The number of phenolic OH excluding ortho intramolecular Hbond substituents is 1. The van der Waals surface area contributed by atoms with Gasteiger partial charge in [0, 0.05) is 32.8 Å². The van der Waals surface area contributed by atoms with Gasteiger partial charge < -0.3 is 19.9 Å². The van der Waals surface area contributed by atoms with Crippen LogP contribution in [0.25, 0.3) is 5.69 Å². The van der Waals surface area contributed by atoms with E-state index in [0.717, 1.165) is 32.8 Å². The third-order valence-corrected chi connectivity index (χ3v) is 7.25. The zero-order chi connectivity index (χ0) is 24.0. The van der Waals surface area contributed by atoms with Crippen molar-refractivity contribution >= 4 is 50.5 Å². The van der Waals surface area contributed by atoms with Gasteiger partial charge >= 0.3 is 0 Å². The van der Waals surface area contributed by atoms with Gasteiger partial charge in [-0.25, -0.2) is 0 Å². The van der Waals surface area contributed by atoms with Crippen molar-refractivity contribution in [2.45, 2.75) is 25.9 Å². The highest BCUT2D eigenvalue weighted by molar-refractivity contribution is 9.10. The van der Waals surface area contributed by atoms with Gasteiger partial charge in [0.25, 0.3) is 0 Å². The van der Waals surface area contributed by atoms with E-state index < -0.39 is 0 Å². The monoisotopic (exact) mass is 552 g/mol. The van der Waals surface area contributed by atoms with Crippen molar-refractivity contribution in [1.82, 2.24) is 14.9 Å². The number of pyridine rings is 1. The Morgan fingerprint density at radius 2 is 1.82 bits per heavy atom. The Balaban J connectivity index is 1.70. The molecule has 5 nitrogen and oxygen atoms in total. The van der Waals surface area contributed by atoms with Crippen molar-refractivity contribution in [1.29, 1.82) is 0 Å². The second kappa shape index (κ2) is 9.06. The summed E-state index contributed by atoms with van der Waals surface area (Å²) < 4.78 is 3.04. The fourth-order valence-electron chi connectivity index (χ4n) is 4.68. The van der Waals surface area contributed by atoms with Crippen LogP contribution in [0, 0.1) is 13.8 Å². The van der Waals surface area contributed by atoms with Gasteiger partial charge in [0.1, 0.15) is 5.75 Å². The van der Waals surface area contributed by atoms with Crippen LogP contribution in [-0.4, -0.2) is 19.8 Å². The van der Waals surface area contributed by atoms with Crippen LogP contribution in [0.2, 0.25) is 5.02 Å².